The Morgan fingerprint density at radius 2 is 2.06 bits per heavy atom. The van der Waals surface area contributed by atoms with E-state index in [1.165, 1.54) is 24.0 Å². The van der Waals surface area contributed by atoms with Crippen LogP contribution in [0.5, 0.6) is 0 Å². The first kappa shape index (κ1) is 12.6. The van der Waals surface area contributed by atoms with Gasteiger partial charge in [-0.2, -0.15) is 0 Å². The van der Waals surface area contributed by atoms with Gasteiger partial charge in [-0.05, 0) is 43.9 Å². The standard InChI is InChI=1S/C15H24N2/c1-3-17(13-8-9-13)11-10-15(16)14-7-5-4-6-12(14)2/h4-7,13,15H,3,8-11,16H2,1-2H3. The van der Waals surface area contributed by atoms with Crippen molar-refractivity contribution in [1.82, 2.24) is 4.90 Å². The van der Waals surface area contributed by atoms with E-state index >= 15 is 0 Å². The fourth-order valence-electron chi connectivity index (χ4n) is 2.50. The summed E-state index contributed by atoms with van der Waals surface area (Å²) in [5, 5.41) is 0. The number of hydrogen-bond donors (Lipinski definition) is 1. The van der Waals surface area contributed by atoms with Crippen molar-refractivity contribution in [2.24, 2.45) is 5.73 Å². The molecule has 1 unspecified atom stereocenters. The number of hydrogen-bond acceptors (Lipinski definition) is 2. The molecule has 0 heterocycles. The molecule has 94 valence electrons. The van der Waals surface area contributed by atoms with Gasteiger partial charge in [0.2, 0.25) is 0 Å². The van der Waals surface area contributed by atoms with Crippen LogP contribution < -0.4 is 5.73 Å². The van der Waals surface area contributed by atoms with Crippen LogP contribution in [0.1, 0.15) is 43.4 Å². The van der Waals surface area contributed by atoms with Crippen LogP contribution in [0, 0.1) is 6.92 Å². The summed E-state index contributed by atoms with van der Waals surface area (Å²) in [4.78, 5) is 2.57. The zero-order valence-electron chi connectivity index (χ0n) is 11.0. The minimum Gasteiger partial charge on any atom is -0.324 e. The lowest BCUT2D eigenvalue weighted by Crippen LogP contribution is -2.29. The number of nitrogens with two attached hydrogens (primary N) is 1. The molecule has 0 amide bonds. The van der Waals surface area contributed by atoms with Crippen molar-refractivity contribution in [3.05, 3.63) is 35.4 Å². The number of rotatable bonds is 6. The van der Waals surface area contributed by atoms with Gasteiger partial charge in [-0.15, -0.1) is 0 Å². The Morgan fingerprint density at radius 3 is 2.65 bits per heavy atom. The topological polar surface area (TPSA) is 29.3 Å². The molecular weight excluding hydrogens is 208 g/mol. The summed E-state index contributed by atoms with van der Waals surface area (Å²) in [5.74, 6) is 0. The summed E-state index contributed by atoms with van der Waals surface area (Å²) in [5.41, 5.74) is 8.91. The summed E-state index contributed by atoms with van der Waals surface area (Å²) in [7, 11) is 0. The Bertz CT molecular complexity index is 358. The summed E-state index contributed by atoms with van der Waals surface area (Å²) in [6.07, 6.45) is 3.83. The van der Waals surface area contributed by atoms with E-state index < -0.39 is 0 Å². The minimum atomic E-state index is 0.184. The number of benzene rings is 1. The molecule has 17 heavy (non-hydrogen) atoms. The van der Waals surface area contributed by atoms with E-state index in [1.54, 1.807) is 0 Å². The van der Waals surface area contributed by atoms with E-state index in [-0.39, 0.29) is 6.04 Å². The van der Waals surface area contributed by atoms with E-state index in [2.05, 4.69) is 43.0 Å². The first-order chi connectivity index (χ1) is 8.22. The van der Waals surface area contributed by atoms with Crippen molar-refractivity contribution in [2.45, 2.75) is 45.2 Å². The zero-order chi connectivity index (χ0) is 12.3. The minimum absolute atomic E-state index is 0.184. The first-order valence-corrected chi connectivity index (χ1v) is 6.77. The highest BCUT2D eigenvalue weighted by molar-refractivity contribution is 5.28. The molecule has 0 aliphatic heterocycles. The number of nitrogens with zero attached hydrogens (tertiary/aromatic N) is 1. The fraction of sp³-hybridized carbons (Fsp3) is 0.600. The second-order valence-electron chi connectivity index (χ2n) is 5.11. The molecule has 1 aromatic rings. The maximum atomic E-state index is 6.29. The van der Waals surface area contributed by atoms with Crippen molar-refractivity contribution in [3.63, 3.8) is 0 Å². The van der Waals surface area contributed by atoms with Gasteiger partial charge in [-0.25, -0.2) is 0 Å². The third-order valence-corrected chi connectivity index (χ3v) is 3.78. The molecular formula is C15H24N2. The van der Waals surface area contributed by atoms with Gasteiger partial charge in [0, 0.05) is 18.6 Å². The van der Waals surface area contributed by atoms with Crippen molar-refractivity contribution < 1.29 is 0 Å². The van der Waals surface area contributed by atoms with E-state index in [0.717, 1.165) is 25.6 Å². The molecule has 0 bridgehead atoms. The van der Waals surface area contributed by atoms with Gasteiger partial charge in [0.1, 0.15) is 0 Å². The van der Waals surface area contributed by atoms with E-state index in [4.69, 9.17) is 5.73 Å². The Hall–Kier alpha value is -0.860. The molecule has 1 aliphatic carbocycles. The Kier molecular flexibility index (Phi) is 4.19. The van der Waals surface area contributed by atoms with Gasteiger partial charge in [-0.1, -0.05) is 31.2 Å². The third-order valence-electron chi connectivity index (χ3n) is 3.78. The van der Waals surface area contributed by atoms with Gasteiger partial charge >= 0.3 is 0 Å². The normalized spacial score (nSPS) is 17.4. The molecule has 1 saturated carbocycles. The second-order valence-corrected chi connectivity index (χ2v) is 5.11. The molecule has 1 fully saturated rings. The first-order valence-electron chi connectivity index (χ1n) is 6.77. The molecule has 2 heteroatoms. The maximum Gasteiger partial charge on any atom is 0.0309 e. The molecule has 2 rings (SSSR count). The quantitative estimate of drug-likeness (QED) is 0.817. The highest BCUT2D eigenvalue weighted by atomic mass is 15.2. The van der Waals surface area contributed by atoms with Crippen LogP contribution in [0.4, 0.5) is 0 Å². The van der Waals surface area contributed by atoms with Crippen LogP contribution in [0.25, 0.3) is 0 Å². The van der Waals surface area contributed by atoms with Crippen LogP contribution in [0.2, 0.25) is 0 Å². The van der Waals surface area contributed by atoms with Crippen molar-refractivity contribution in [2.75, 3.05) is 13.1 Å². The molecule has 0 aromatic heterocycles. The predicted octanol–water partition coefficient (Wildman–Crippen LogP) is 2.87. The van der Waals surface area contributed by atoms with E-state index in [9.17, 15) is 0 Å². The van der Waals surface area contributed by atoms with E-state index in [0.29, 0.717) is 0 Å². The smallest absolute Gasteiger partial charge is 0.0309 e. The predicted molar refractivity (Wildman–Crippen MR) is 73.0 cm³/mol. The molecule has 0 spiro atoms. The molecule has 2 nitrogen and oxygen atoms in total. The van der Waals surface area contributed by atoms with Gasteiger partial charge < -0.3 is 10.6 Å². The van der Waals surface area contributed by atoms with Crippen molar-refractivity contribution >= 4 is 0 Å². The summed E-state index contributed by atoms with van der Waals surface area (Å²) in [6, 6.07) is 9.50. The zero-order valence-corrected chi connectivity index (χ0v) is 11.0. The van der Waals surface area contributed by atoms with E-state index in [1.807, 2.05) is 0 Å². The molecule has 2 N–H and O–H groups in total. The summed E-state index contributed by atoms with van der Waals surface area (Å²) in [6.45, 7) is 6.69. The molecule has 1 atom stereocenters. The van der Waals surface area contributed by atoms with Gasteiger partial charge in [0.25, 0.3) is 0 Å². The lowest BCUT2D eigenvalue weighted by molar-refractivity contribution is 0.266. The van der Waals surface area contributed by atoms with Gasteiger partial charge in [0.05, 0.1) is 0 Å². The maximum absolute atomic E-state index is 6.29. The Morgan fingerprint density at radius 1 is 1.35 bits per heavy atom. The summed E-state index contributed by atoms with van der Waals surface area (Å²) < 4.78 is 0. The highest BCUT2D eigenvalue weighted by Crippen LogP contribution is 2.27. The fourth-order valence-corrected chi connectivity index (χ4v) is 2.50. The van der Waals surface area contributed by atoms with Gasteiger partial charge in [-0.3, -0.25) is 0 Å². The third kappa shape index (κ3) is 3.30. The van der Waals surface area contributed by atoms with Crippen LogP contribution in [0.15, 0.2) is 24.3 Å². The lowest BCUT2D eigenvalue weighted by atomic mass is 9.99. The van der Waals surface area contributed by atoms with Crippen LogP contribution in [-0.2, 0) is 0 Å². The van der Waals surface area contributed by atoms with Gasteiger partial charge in [0.15, 0.2) is 0 Å². The molecule has 1 aromatic carbocycles. The largest absolute Gasteiger partial charge is 0.324 e. The van der Waals surface area contributed by atoms with Crippen LogP contribution in [-0.4, -0.2) is 24.0 Å². The SMILES string of the molecule is CCN(CCC(N)c1ccccc1C)C1CC1. The van der Waals surface area contributed by atoms with Crippen LogP contribution in [0.3, 0.4) is 0 Å². The molecule has 0 radical (unpaired) electrons. The highest BCUT2D eigenvalue weighted by Gasteiger charge is 2.27. The molecule has 0 saturated heterocycles. The Balaban J connectivity index is 1.88. The van der Waals surface area contributed by atoms with Crippen molar-refractivity contribution in [3.8, 4) is 0 Å². The molecule has 1 aliphatic rings. The average molecular weight is 232 g/mol. The van der Waals surface area contributed by atoms with Crippen molar-refractivity contribution in [1.29, 1.82) is 0 Å². The second kappa shape index (κ2) is 5.65. The number of aryl methyl sites for hydroxylation is 1. The van der Waals surface area contributed by atoms with Crippen LogP contribution >= 0.6 is 0 Å². The Labute approximate surface area is 105 Å². The summed E-state index contributed by atoms with van der Waals surface area (Å²) >= 11 is 0. The lowest BCUT2D eigenvalue weighted by Gasteiger charge is -2.22. The monoisotopic (exact) mass is 232 g/mol. The average Bonchev–Trinajstić information content (AvgIpc) is 3.14.